The Bertz CT molecular complexity index is 602. The van der Waals surface area contributed by atoms with E-state index in [0.717, 1.165) is 12.8 Å². The summed E-state index contributed by atoms with van der Waals surface area (Å²) in [6, 6.07) is 6.34. The van der Waals surface area contributed by atoms with Crippen LogP contribution in [-0.4, -0.2) is 61.0 Å². The Hall–Kier alpha value is -1.95. The largest absolute Gasteiger partial charge is 0.378 e. The van der Waals surface area contributed by atoms with Crippen molar-refractivity contribution in [2.24, 2.45) is 5.92 Å². The number of carbonyl (C=O) groups excluding carboxylic acids is 2. The zero-order valence-electron chi connectivity index (χ0n) is 13.7. The summed E-state index contributed by atoms with van der Waals surface area (Å²) < 4.78 is 19.0. The normalized spacial score (nSPS) is 21.6. The van der Waals surface area contributed by atoms with Crippen molar-refractivity contribution in [3.63, 3.8) is 0 Å². The van der Waals surface area contributed by atoms with Crippen LogP contribution in [-0.2, 0) is 20.7 Å². The molecule has 2 saturated heterocycles. The average molecular weight is 334 g/mol. The quantitative estimate of drug-likeness (QED) is 0.841. The standard InChI is InChI=1S/C18H23FN2O3/c19-16-6-2-1-4-14(16)12-17(22)21-7-3-5-15(13-21)18(23)20-8-10-24-11-9-20/h1-2,4,6,15H,3,5,7-13H2. The molecule has 2 fully saturated rings. The SMILES string of the molecule is O=C(Cc1ccccc1F)N1CCCC(C(=O)N2CCOCC2)C1. The van der Waals surface area contributed by atoms with Crippen LogP contribution in [0.15, 0.2) is 24.3 Å². The second-order valence-corrected chi connectivity index (χ2v) is 6.38. The number of halogens is 1. The number of ether oxygens (including phenoxy) is 1. The highest BCUT2D eigenvalue weighted by Gasteiger charge is 2.31. The monoisotopic (exact) mass is 334 g/mol. The number of carbonyl (C=O) groups is 2. The van der Waals surface area contributed by atoms with Crippen LogP contribution in [0.2, 0.25) is 0 Å². The molecule has 0 radical (unpaired) electrons. The topological polar surface area (TPSA) is 49.9 Å². The molecule has 1 aromatic rings. The second-order valence-electron chi connectivity index (χ2n) is 6.38. The maximum Gasteiger partial charge on any atom is 0.227 e. The molecule has 6 heteroatoms. The van der Waals surface area contributed by atoms with Gasteiger partial charge in [0.2, 0.25) is 11.8 Å². The molecule has 0 aromatic heterocycles. The minimum absolute atomic E-state index is 0.0468. The summed E-state index contributed by atoms with van der Waals surface area (Å²) in [6.07, 6.45) is 1.66. The van der Waals surface area contributed by atoms with Gasteiger partial charge in [0.1, 0.15) is 5.82 Å². The Morgan fingerprint density at radius 2 is 1.88 bits per heavy atom. The van der Waals surface area contributed by atoms with Gasteiger partial charge in [0, 0.05) is 26.2 Å². The van der Waals surface area contributed by atoms with Crippen LogP contribution in [0.4, 0.5) is 4.39 Å². The number of piperidine rings is 1. The first kappa shape index (κ1) is 16.9. The number of hydrogen-bond donors (Lipinski definition) is 0. The van der Waals surface area contributed by atoms with E-state index in [1.807, 2.05) is 4.90 Å². The highest BCUT2D eigenvalue weighted by molar-refractivity contribution is 5.82. The Balaban J connectivity index is 1.59. The van der Waals surface area contributed by atoms with Crippen molar-refractivity contribution in [3.05, 3.63) is 35.6 Å². The number of morpholine rings is 1. The van der Waals surface area contributed by atoms with Gasteiger partial charge in [-0.25, -0.2) is 4.39 Å². The van der Waals surface area contributed by atoms with Gasteiger partial charge in [-0.3, -0.25) is 9.59 Å². The van der Waals surface area contributed by atoms with Crippen LogP contribution in [0.1, 0.15) is 18.4 Å². The Labute approximate surface area is 141 Å². The van der Waals surface area contributed by atoms with Gasteiger partial charge in [-0.15, -0.1) is 0 Å². The van der Waals surface area contributed by atoms with E-state index in [1.54, 1.807) is 23.1 Å². The van der Waals surface area contributed by atoms with Gasteiger partial charge in [-0.1, -0.05) is 18.2 Å². The van der Waals surface area contributed by atoms with E-state index < -0.39 is 0 Å². The first-order valence-electron chi connectivity index (χ1n) is 8.53. The molecule has 2 heterocycles. The Morgan fingerprint density at radius 3 is 2.62 bits per heavy atom. The van der Waals surface area contributed by atoms with Crippen molar-refractivity contribution < 1.29 is 18.7 Å². The average Bonchev–Trinajstić information content (AvgIpc) is 2.64. The van der Waals surface area contributed by atoms with Gasteiger partial charge in [-0.2, -0.15) is 0 Å². The first-order chi connectivity index (χ1) is 11.6. The lowest BCUT2D eigenvalue weighted by Gasteiger charge is -2.36. The van der Waals surface area contributed by atoms with E-state index >= 15 is 0 Å². The molecule has 24 heavy (non-hydrogen) atoms. The zero-order chi connectivity index (χ0) is 16.9. The maximum atomic E-state index is 13.7. The summed E-state index contributed by atoms with van der Waals surface area (Å²) in [5.41, 5.74) is 0.407. The summed E-state index contributed by atoms with van der Waals surface area (Å²) >= 11 is 0. The summed E-state index contributed by atoms with van der Waals surface area (Å²) in [7, 11) is 0. The van der Waals surface area contributed by atoms with Crippen molar-refractivity contribution >= 4 is 11.8 Å². The van der Waals surface area contributed by atoms with Crippen LogP contribution in [0.5, 0.6) is 0 Å². The summed E-state index contributed by atoms with van der Waals surface area (Å²) in [5.74, 6) is -0.508. The molecule has 0 N–H and O–H groups in total. The van der Waals surface area contributed by atoms with Crippen molar-refractivity contribution in [1.29, 1.82) is 0 Å². The minimum atomic E-state index is -0.358. The second kappa shape index (κ2) is 7.75. The molecular formula is C18H23FN2O3. The Morgan fingerprint density at radius 1 is 1.12 bits per heavy atom. The first-order valence-corrected chi connectivity index (χ1v) is 8.53. The van der Waals surface area contributed by atoms with Crippen LogP contribution >= 0.6 is 0 Å². The molecular weight excluding hydrogens is 311 g/mol. The maximum absolute atomic E-state index is 13.7. The molecule has 1 aromatic carbocycles. The summed E-state index contributed by atoms with van der Waals surface area (Å²) in [4.78, 5) is 28.6. The number of rotatable bonds is 3. The van der Waals surface area contributed by atoms with Crippen LogP contribution in [0.25, 0.3) is 0 Å². The smallest absolute Gasteiger partial charge is 0.227 e. The minimum Gasteiger partial charge on any atom is -0.378 e. The number of amides is 2. The summed E-state index contributed by atoms with van der Waals surface area (Å²) in [6.45, 7) is 3.48. The van der Waals surface area contributed by atoms with Crippen LogP contribution in [0.3, 0.4) is 0 Å². The molecule has 0 saturated carbocycles. The van der Waals surface area contributed by atoms with Gasteiger partial charge < -0.3 is 14.5 Å². The molecule has 0 bridgehead atoms. The highest BCUT2D eigenvalue weighted by atomic mass is 19.1. The molecule has 0 spiro atoms. The fraction of sp³-hybridized carbons (Fsp3) is 0.556. The van der Waals surface area contributed by atoms with Crippen LogP contribution < -0.4 is 0 Å². The molecule has 3 rings (SSSR count). The van der Waals surface area contributed by atoms with Crippen molar-refractivity contribution in [2.45, 2.75) is 19.3 Å². The fourth-order valence-electron chi connectivity index (χ4n) is 3.36. The zero-order valence-corrected chi connectivity index (χ0v) is 13.7. The molecule has 2 aliphatic heterocycles. The molecule has 5 nitrogen and oxygen atoms in total. The Kier molecular flexibility index (Phi) is 5.45. The lowest BCUT2D eigenvalue weighted by Crippen LogP contribution is -2.49. The molecule has 2 amide bonds. The number of likely N-dealkylation sites (tertiary alicyclic amines) is 1. The molecule has 0 aliphatic carbocycles. The van der Waals surface area contributed by atoms with Gasteiger partial charge in [0.25, 0.3) is 0 Å². The van der Waals surface area contributed by atoms with E-state index in [4.69, 9.17) is 4.74 Å². The predicted octanol–water partition coefficient (Wildman–Crippen LogP) is 1.47. The fourth-order valence-corrected chi connectivity index (χ4v) is 3.36. The number of benzene rings is 1. The lowest BCUT2D eigenvalue weighted by molar-refractivity contribution is -0.143. The van der Waals surface area contributed by atoms with Crippen molar-refractivity contribution in [2.75, 3.05) is 39.4 Å². The number of hydrogen-bond acceptors (Lipinski definition) is 3. The van der Waals surface area contributed by atoms with Gasteiger partial charge in [0.05, 0.1) is 25.6 Å². The third kappa shape index (κ3) is 3.93. The predicted molar refractivity (Wildman–Crippen MR) is 86.8 cm³/mol. The number of nitrogens with zero attached hydrogens (tertiary/aromatic N) is 2. The van der Waals surface area contributed by atoms with E-state index in [2.05, 4.69) is 0 Å². The highest BCUT2D eigenvalue weighted by Crippen LogP contribution is 2.21. The van der Waals surface area contributed by atoms with Gasteiger partial charge in [0.15, 0.2) is 0 Å². The molecule has 1 atom stereocenters. The van der Waals surface area contributed by atoms with E-state index in [0.29, 0.717) is 45.0 Å². The van der Waals surface area contributed by atoms with E-state index in [9.17, 15) is 14.0 Å². The van der Waals surface area contributed by atoms with Gasteiger partial charge >= 0.3 is 0 Å². The lowest BCUT2D eigenvalue weighted by atomic mass is 9.95. The van der Waals surface area contributed by atoms with Gasteiger partial charge in [-0.05, 0) is 24.5 Å². The molecule has 130 valence electrons. The summed E-state index contributed by atoms with van der Waals surface area (Å²) in [5, 5.41) is 0. The van der Waals surface area contributed by atoms with E-state index in [-0.39, 0.29) is 30.0 Å². The van der Waals surface area contributed by atoms with E-state index in [1.165, 1.54) is 6.07 Å². The van der Waals surface area contributed by atoms with Crippen molar-refractivity contribution in [1.82, 2.24) is 9.80 Å². The molecule has 2 aliphatic rings. The molecule has 1 unspecified atom stereocenters. The van der Waals surface area contributed by atoms with Crippen molar-refractivity contribution in [3.8, 4) is 0 Å². The third-order valence-corrected chi connectivity index (χ3v) is 4.75. The van der Waals surface area contributed by atoms with Crippen LogP contribution in [0, 0.1) is 11.7 Å². The third-order valence-electron chi connectivity index (χ3n) is 4.75.